The number of aromatic amines is 1. The van der Waals surface area contributed by atoms with Crippen molar-refractivity contribution < 1.29 is 14.6 Å². The molecule has 0 radical (unpaired) electrons. The number of aliphatic hydroxyl groups is 1. The standard InChI is InChI=1S/C10H16N4O3/c1-6-3-14(4-7(5-15)17-6)10(16)8-2-9(11)13-12-8/h2,6-7,15H,3-5H2,1H3,(H3,11,12,13). The van der Waals surface area contributed by atoms with Crippen LogP contribution in [-0.4, -0.2) is 58.0 Å². The summed E-state index contributed by atoms with van der Waals surface area (Å²) in [5.74, 6) is 0.108. The number of hydrogen-bond acceptors (Lipinski definition) is 5. The second-order valence-corrected chi connectivity index (χ2v) is 4.17. The first-order valence-electron chi connectivity index (χ1n) is 5.46. The number of aliphatic hydroxyl groups excluding tert-OH is 1. The van der Waals surface area contributed by atoms with Gasteiger partial charge in [0.1, 0.15) is 11.5 Å². The van der Waals surface area contributed by atoms with E-state index < -0.39 is 0 Å². The molecule has 1 aromatic heterocycles. The van der Waals surface area contributed by atoms with Crippen molar-refractivity contribution in [2.45, 2.75) is 19.1 Å². The molecule has 1 fully saturated rings. The molecule has 0 saturated carbocycles. The largest absolute Gasteiger partial charge is 0.394 e. The molecular formula is C10H16N4O3. The van der Waals surface area contributed by atoms with Crippen molar-refractivity contribution in [3.05, 3.63) is 11.8 Å². The fourth-order valence-corrected chi connectivity index (χ4v) is 1.93. The second kappa shape index (κ2) is 4.72. The van der Waals surface area contributed by atoms with Crippen LogP contribution in [0, 0.1) is 0 Å². The highest BCUT2D eigenvalue weighted by molar-refractivity contribution is 5.93. The highest BCUT2D eigenvalue weighted by atomic mass is 16.5. The Morgan fingerprint density at radius 3 is 3.12 bits per heavy atom. The Hall–Kier alpha value is -1.60. The fraction of sp³-hybridized carbons (Fsp3) is 0.600. The number of nitrogen functional groups attached to an aromatic ring is 1. The minimum atomic E-state index is -0.331. The van der Waals surface area contributed by atoms with Crippen LogP contribution in [0.3, 0.4) is 0 Å². The molecule has 94 valence electrons. The van der Waals surface area contributed by atoms with Crippen molar-refractivity contribution in [2.75, 3.05) is 25.4 Å². The molecule has 0 aliphatic carbocycles. The maximum atomic E-state index is 12.1. The lowest BCUT2D eigenvalue weighted by molar-refractivity contribution is -0.0859. The fourth-order valence-electron chi connectivity index (χ4n) is 1.93. The molecule has 1 aliphatic heterocycles. The quantitative estimate of drug-likeness (QED) is 0.628. The van der Waals surface area contributed by atoms with Gasteiger partial charge in [0, 0.05) is 19.2 Å². The number of ether oxygens (including phenoxy) is 1. The molecule has 2 unspecified atom stereocenters. The Morgan fingerprint density at radius 2 is 2.53 bits per heavy atom. The van der Waals surface area contributed by atoms with Gasteiger partial charge in [-0.3, -0.25) is 9.89 Å². The van der Waals surface area contributed by atoms with Gasteiger partial charge in [0.15, 0.2) is 0 Å². The monoisotopic (exact) mass is 240 g/mol. The third kappa shape index (κ3) is 2.56. The van der Waals surface area contributed by atoms with Crippen LogP contribution in [-0.2, 0) is 4.74 Å². The van der Waals surface area contributed by atoms with Gasteiger partial charge in [-0.05, 0) is 6.92 Å². The summed E-state index contributed by atoms with van der Waals surface area (Å²) in [6.45, 7) is 2.63. The highest BCUT2D eigenvalue weighted by Crippen LogP contribution is 2.14. The number of amides is 1. The molecule has 2 atom stereocenters. The summed E-state index contributed by atoms with van der Waals surface area (Å²) in [5.41, 5.74) is 5.80. The first-order chi connectivity index (χ1) is 8.10. The number of anilines is 1. The van der Waals surface area contributed by atoms with Crippen molar-refractivity contribution in [1.82, 2.24) is 15.1 Å². The SMILES string of the molecule is CC1CN(C(=O)c2cc(N)n[nH]2)CC(CO)O1. The Bertz CT molecular complexity index is 406. The number of carbonyl (C=O) groups is 1. The first-order valence-corrected chi connectivity index (χ1v) is 5.46. The van der Waals surface area contributed by atoms with Crippen LogP contribution in [0.1, 0.15) is 17.4 Å². The summed E-state index contributed by atoms with van der Waals surface area (Å²) in [6.07, 6.45) is -0.423. The molecule has 0 bridgehead atoms. The molecule has 4 N–H and O–H groups in total. The van der Waals surface area contributed by atoms with E-state index in [1.165, 1.54) is 6.07 Å². The van der Waals surface area contributed by atoms with Crippen molar-refractivity contribution in [3.63, 3.8) is 0 Å². The summed E-state index contributed by atoms with van der Waals surface area (Å²) in [5, 5.41) is 15.4. The molecule has 2 heterocycles. The average Bonchev–Trinajstić information content (AvgIpc) is 2.74. The van der Waals surface area contributed by atoms with Gasteiger partial charge in [-0.15, -0.1) is 0 Å². The zero-order valence-electron chi connectivity index (χ0n) is 9.59. The smallest absolute Gasteiger partial charge is 0.272 e. The molecule has 1 amide bonds. The number of H-pyrrole nitrogens is 1. The van der Waals surface area contributed by atoms with Crippen molar-refractivity contribution in [3.8, 4) is 0 Å². The van der Waals surface area contributed by atoms with Gasteiger partial charge in [0.2, 0.25) is 0 Å². The van der Waals surface area contributed by atoms with E-state index in [1.807, 2.05) is 6.92 Å². The summed E-state index contributed by atoms with van der Waals surface area (Å²) in [6, 6.07) is 1.50. The molecule has 0 aromatic carbocycles. The van der Waals surface area contributed by atoms with Crippen molar-refractivity contribution >= 4 is 11.7 Å². The Morgan fingerprint density at radius 1 is 1.76 bits per heavy atom. The van der Waals surface area contributed by atoms with Crippen LogP contribution in [0.25, 0.3) is 0 Å². The van der Waals surface area contributed by atoms with Gasteiger partial charge in [0.05, 0.1) is 18.8 Å². The zero-order chi connectivity index (χ0) is 12.4. The maximum absolute atomic E-state index is 12.1. The van der Waals surface area contributed by atoms with Gasteiger partial charge in [-0.2, -0.15) is 5.10 Å². The number of carbonyl (C=O) groups excluding carboxylic acids is 1. The molecule has 1 aromatic rings. The van der Waals surface area contributed by atoms with Crippen molar-refractivity contribution in [1.29, 1.82) is 0 Å². The van der Waals surface area contributed by atoms with Crippen LogP contribution in [0.2, 0.25) is 0 Å². The lowest BCUT2D eigenvalue weighted by Crippen LogP contribution is -2.50. The summed E-state index contributed by atoms with van der Waals surface area (Å²) >= 11 is 0. The molecular weight excluding hydrogens is 224 g/mol. The third-order valence-corrected chi connectivity index (χ3v) is 2.65. The van der Waals surface area contributed by atoms with E-state index in [0.29, 0.717) is 18.8 Å². The Balaban J connectivity index is 2.08. The lowest BCUT2D eigenvalue weighted by Gasteiger charge is -2.35. The molecule has 1 aliphatic rings. The number of morpholine rings is 1. The third-order valence-electron chi connectivity index (χ3n) is 2.65. The first kappa shape index (κ1) is 11.9. The molecule has 7 heteroatoms. The number of rotatable bonds is 2. The number of aromatic nitrogens is 2. The average molecular weight is 240 g/mol. The van der Waals surface area contributed by atoms with E-state index in [4.69, 9.17) is 15.6 Å². The number of nitrogens with zero attached hydrogens (tertiary/aromatic N) is 2. The van der Waals surface area contributed by atoms with E-state index in [2.05, 4.69) is 10.2 Å². The number of nitrogens with one attached hydrogen (secondary N) is 1. The van der Waals surface area contributed by atoms with Crippen LogP contribution >= 0.6 is 0 Å². The van der Waals surface area contributed by atoms with Crippen LogP contribution < -0.4 is 5.73 Å². The zero-order valence-corrected chi connectivity index (χ0v) is 9.59. The lowest BCUT2D eigenvalue weighted by atomic mass is 10.2. The van der Waals surface area contributed by atoms with Crippen LogP contribution in [0.4, 0.5) is 5.82 Å². The van der Waals surface area contributed by atoms with E-state index in [0.717, 1.165) is 0 Å². The van der Waals surface area contributed by atoms with Gasteiger partial charge < -0.3 is 20.5 Å². The van der Waals surface area contributed by atoms with Gasteiger partial charge >= 0.3 is 0 Å². The minimum Gasteiger partial charge on any atom is -0.394 e. The summed E-state index contributed by atoms with van der Waals surface area (Å²) < 4.78 is 5.46. The van der Waals surface area contributed by atoms with Crippen LogP contribution in [0.15, 0.2) is 6.07 Å². The predicted molar refractivity (Wildman–Crippen MR) is 60.3 cm³/mol. The van der Waals surface area contributed by atoms with Gasteiger partial charge in [0.25, 0.3) is 5.91 Å². The Labute approximate surface area is 98.5 Å². The molecule has 0 spiro atoms. The van der Waals surface area contributed by atoms with Gasteiger partial charge in [-0.25, -0.2) is 0 Å². The summed E-state index contributed by atoms with van der Waals surface area (Å²) in [7, 11) is 0. The predicted octanol–water partition coefficient (Wildman–Crippen LogP) is -0.786. The highest BCUT2D eigenvalue weighted by Gasteiger charge is 2.29. The van der Waals surface area contributed by atoms with Gasteiger partial charge in [-0.1, -0.05) is 0 Å². The Kier molecular flexibility index (Phi) is 3.30. The number of nitrogens with two attached hydrogens (primary N) is 1. The second-order valence-electron chi connectivity index (χ2n) is 4.17. The minimum absolute atomic E-state index is 0.0925. The van der Waals surface area contributed by atoms with Crippen molar-refractivity contribution in [2.24, 2.45) is 0 Å². The topological polar surface area (TPSA) is 104 Å². The van der Waals surface area contributed by atoms with E-state index in [9.17, 15) is 4.79 Å². The summed E-state index contributed by atoms with van der Waals surface area (Å²) in [4.78, 5) is 13.7. The normalized spacial score (nSPS) is 24.9. The molecule has 1 saturated heterocycles. The number of hydrogen-bond donors (Lipinski definition) is 3. The van der Waals surface area contributed by atoms with E-state index in [1.54, 1.807) is 4.90 Å². The van der Waals surface area contributed by atoms with Crippen LogP contribution in [0.5, 0.6) is 0 Å². The molecule has 7 nitrogen and oxygen atoms in total. The van der Waals surface area contributed by atoms with E-state index in [-0.39, 0.29) is 30.5 Å². The molecule has 2 rings (SSSR count). The van der Waals surface area contributed by atoms with E-state index >= 15 is 0 Å². The molecule has 17 heavy (non-hydrogen) atoms. The maximum Gasteiger partial charge on any atom is 0.272 e.